The lowest BCUT2D eigenvalue weighted by molar-refractivity contribution is 0.0989. The summed E-state index contributed by atoms with van der Waals surface area (Å²) in [6.45, 7) is 1.31. The van der Waals surface area contributed by atoms with E-state index in [1.54, 1.807) is 6.20 Å². The summed E-state index contributed by atoms with van der Waals surface area (Å²) in [5.74, 6) is 0.646. The van der Waals surface area contributed by atoms with E-state index in [2.05, 4.69) is 59.0 Å². The van der Waals surface area contributed by atoms with Crippen LogP contribution in [0.1, 0.15) is 27.5 Å². The first-order valence-electron chi connectivity index (χ1n) is 11.2. The number of carbonyl (C=O) groups excluding carboxylic acids is 1. The van der Waals surface area contributed by atoms with Crippen LogP contribution in [0.4, 0.5) is 11.5 Å². The summed E-state index contributed by atoms with van der Waals surface area (Å²) in [5.41, 5.74) is 3.93. The minimum absolute atomic E-state index is 0.0533. The molecular formula is C25H29BN5OS. The molecular weight excluding hydrogens is 429 g/mol. The smallest absolute Gasteiger partial charge is 0.263 e. The number of rotatable bonds is 8. The molecule has 0 saturated heterocycles. The third-order valence-corrected chi connectivity index (χ3v) is 6.54. The van der Waals surface area contributed by atoms with E-state index in [0.29, 0.717) is 35.7 Å². The maximum absolute atomic E-state index is 13.4. The van der Waals surface area contributed by atoms with Crippen LogP contribution in [0.25, 0.3) is 0 Å². The zero-order chi connectivity index (χ0) is 23.2. The van der Waals surface area contributed by atoms with Crippen molar-refractivity contribution in [2.45, 2.75) is 23.8 Å². The molecule has 3 aromatic rings. The minimum atomic E-state index is -0.0533. The molecule has 1 radical (unpaired) electrons. The largest absolute Gasteiger partial charge is 0.357 e. The van der Waals surface area contributed by atoms with Gasteiger partial charge in [0.25, 0.3) is 5.91 Å². The van der Waals surface area contributed by atoms with Gasteiger partial charge in [-0.25, -0.2) is 9.97 Å². The number of fused-ring (bicyclic) bond motifs is 1. The molecule has 8 heteroatoms. The number of nitrogens with one attached hydrogen (secondary N) is 1. The van der Waals surface area contributed by atoms with Crippen LogP contribution in [0.3, 0.4) is 0 Å². The number of benzene rings is 2. The van der Waals surface area contributed by atoms with Gasteiger partial charge in [0.2, 0.25) is 0 Å². The Hall–Kier alpha value is -2.84. The fourth-order valence-electron chi connectivity index (χ4n) is 4.12. The van der Waals surface area contributed by atoms with Crippen molar-refractivity contribution >= 4 is 36.5 Å². The molecule has 1 aliphatic rings. The van der Waals surface area contributed by atoms with Crippen molar-refractivity contribution in [3.05, 3.63) is 77.5 Å². The third-order valence-electron chi connectivity index (χ3n) is 5.98. The number of thioether (sulfide) groups is 1. The summed E-state index contributed by atoms with van der Waals surface area (Å²) in [5, 5.41) is 4.08. The van der Waals surface area contributed by atoms with Gasteiger partial charge in [0.15, 0.2) is 5.16 Å². The summed E-state index contributed by atoms with van der Waals surface area (Å²) in [6.07, 6.45) is 5.37. The first-order valence-corrected chi connectivity index (χ1v) is 12.4. The fourth-order valence-corrected chi connectivity index (χ4v) is 4.46. The molecule has 169 valence electrons. The average Bonchev–Trinajstić information content (AvgIpc) is 2.98. The molecule has 0 aliphatic carbocycles. The number of aromatic nitrogens is 2. The highest BCUT2D eigenvalue weighted by Gasteiger charge is 2.28. The Bertz CT molecular complexity index is 1100. The highest BCUT2D eigenvalue weighted by molar-refractivity contribution is 7.98. The molecule has 1 N–H and O–H groups in total. The van der Waals surface area contributed by atoms with Crippen molar-refractivity contribution < 1.29 is 4.79 Å². The van der Waals surface area contributed by atoms with Crippen LogP contribution < -0.4 is 15.1 Å². The molecule has 4 rings (SSSR count). The maximum Gasteiger partial charge on any atom is 0.263 e. The molecule has 0 saturated carbocycles. The SMILES string of the molecule is CNC(C[B]Cc1cccc(N2CCN(C)c3nc(SC)ncc3C2=O)c1)c1ccccc1. The fraction of sp³-hybridized carbons (Fsp3) is 0.320. The number of carbonyl (C=O) groups is 1. The highest BCUT2D eigenvalue weighted by atomic mass is 32.2. The van der Waals surface area contributed by atoms with Gasteiger partial charge < -0.3 is 15.1 Å². The molecule has 1 amide bonds. The number of hydrogen-bond donors (Lipinski definition) is 1. The predicted octanol–water partition coefficient (Wildman–Crippen LogP) is 3.88. The first kappa shape index (κ1) is 23.3. The summed E-state index contributed by atoms with van der Waals surface area (Å²) in [4.78, 5) is 26.2. The van der Waals surface area contributed by atoms with Gasteiger partial charge in [-0.2, -0.15) is 0 Å². The van der Waals surface area contributed by atoms with E-state index in [9.17, 15) is 4.79 Å². The molecule has 6 nitrogen and oxygen atoms in total. The van der Waals surface area contributed by atoms with E-state index in [0.717, 1.165) is 18.3 Å². The minimum Gasteiger partial charge on any atom is -0.357 e. The Labute approximate surface area is 201 Å². The summed E-state index contributed by atoms with van der Waals surface area (Å²) < 4.78 is 0. The van der Waals surface area contributed by atoms with Gasteiger partial charge in [0.1, 0.15) is 18.7 Å². The zero-order valence-corrected chi connectivity index (χ0v) is 20.2. The van der Waals surface area contributed by atoms with Crippen LogP contribution in [-0.2, 0) is 6.32 Å². The average molecular weight is 458 g/mol. The summed E-state index contributed by atoms with van der Waals surface area (Å²) >= 11 is 1.48. The monoisotopic (exact) mass is 458 g/mol. The zero-order valence-electron chi connectivity index (χ0n) is 19.4. The molecule has 0 bridgehead atoms. The van der Waals surface area contributed by atoms with E-state index >= 15 is 0 Å². The maximum atomic E-state index is 13.4. The summed E-state index contributed by atoms with van der Waals surface area (Å²) in [6, 6.07) is 19.1. The van der Waals surface area contributed by atoms with Crippen LogP contribution in [0, 0.1) is 0 Å². The number of anilines is 2. The standard InChI is InChI=1S/C25H29BN5OS/c1-27-22(19-9-5-4-6-10-19)16-26-15-18-8-7-11-20(14-18)31-13-12-30(2)23-21(24(31)32)17-28-25(29-23)33-3/h4-11,14,17,22,27H,12-13,15-16H2,1-3H3. The Morgan fingerprint density at radius 1 is 1.15 bits per heavy atom. The van der Waals surface area contributed by atoms with Crippen molar-refractivity contribution in [1.29, 1.82) is 0 Å². The van der Waals surface area contributed by atoms with Crippen LogP contribution in [-0.4, -0.2) is 56.6 Å². The molecule has 33 heavy (non-hydrogen) atoms. The number of nitrogens with zero attached hydrogens (tertiary/aromatic N) is 4. The van der Waals surface area contributed by atoms with E-state index in [1.807, 2.05) is 48.4 Å². The molecule has 0 spiro atoms. The molecule has 1 unspecified atom stereocenters. The van der Waals surface area contributed by atoms with Gasteiger partial charge in [-0.3, -0.25) is 4.79 Å². The van der Waals surface area contributed by atoms with Crippen LogP contribution in [0.5, 0.6) is 0 Å². The van der Waals surface area contributed by atoms with Crippen molar-refractivity contribution in [3.8, 4) is 0 Å². The second-order valence-electron chi connectivity index (χ2n) is 8.12. The molecule has 2 aromatic carbocycles. The van der Waals surface area contributed by atoms with Crippen LogP contribution in [0.2, 0.25) is 6.32 Å². The Balaban J connectivity index is 1.47. The van der Waals surface area contributed by atoms with E-state index in [1.165, 1.54) is 22.9 Å². The van der Waals surface area contributed by atoms with E-state index < -0.39 is 0 Å². The normalized spacial score (nSPS) is 14.6. The number of likely N-dealkylation sites (N-methyl/N-ethyl adjacent to an activating group) is 1. The van der Waals surface area contributed by atoms with Gasteiger partial charge in [-0.15, -0.1) is 0 Å². The van der Waals surface area contributed by atoms with Gasteiger partial charge >= 0.3 is 0 Å². The second-order valence-corrected chi connectivity index (χ2v) is 8.90. The first-order chi connectivity index (χ1) is 16.1. The number of hydrogen-bond acceptors (Lipinski definition) is 6. The Kier molecular flexibility index (Phi) is 7.67. The van der Waals surface area contributed by atoms with Gasteiger partial charge in [-0.05, 0) is 31.0 Å². The van der Waals surface area contributed by atoms with Crippen LogP contribution >= 0.6 is 11.8 Å². The molecule has 1 aliphatic heterocycles. The Morgan fingerprint density at radius 3 is 2.73 bits per heavy atom. The lowest BCUT2D eigenvalue weighted by Crippen LogP contribution is -2.33. The number of amides is 1. The lowest BCUT2D eigenvalue weighted by atomic mass is 9.65. The van der Waals surface area contributed by atoms with Crippen molar-refractivity contribution in [1.82, 2.24) is 15.3 Å². The topological polar surface area (TPSA) is 61.4 Å². The van der Waals surface area contributed by atoms with Gasteiger partial charge in [-0.1, -0.05) is 72.4 Å². The highest BCUT2D eigenvalue weighted by Crippen LogP contribution is 2.27. The van der Waals surface area contributed by atoms with Gasteiger partial charge in [0.05, 0.1) is 0 Å². The summed E-state index contributed by atoms with van der Waals surface area (Å²) in [7, 11) is 6.28. The van der Waals surface area contributed by atoms with Crippen molar-refractivity contribution in [2.24, 2.45) is 0 Å². The third kappa shape index (κ3) is 5.39. The van der Waals surface area contributed by atoms with Gasteiger partial charge in [0, 0.05) is 38.1 Å². The molecule has 0 fully saturated rings. The van der Waals surface area contributed by atoms with Crippen LogP contribution in [0.15, 0.2) is 66.0 Å². The Morgan fingerprint density at radius 2 is 1.97 bits per heavy atom. The molecule has 2 heterocycles. The molecule has 1 aromatic heterocycles. The predicted molar refractivity (Wildman–Crippen MR) is 138 cm³/mol. The van der Waals surface area contributed by atoms with E-state index in [4.69, 9.17) is 0 Å². The lowest BCUT2D eigenvalue weighted by Gasteiger charge is -2.22. The molecule has 1 atom stereocenters. The van der Waals surface area contributed by atoms with Crippen molar-refractivity contribution in [2.75, 3.05) is 43.2 Å². The quantitative estimate of drug-likeness (QED) is 0.314. The van der Waals surface area contributed by atoms with Crippen molar-refractivity contribution in [3.63, 3.8) is 0 Å². The van der Waals surface area contributed by atoms with E-state index in [-0.39, 0.29) is 5.91 Å². The second kappa shape index (κ2) is 10.9.